The largest absolute Gasteiger partial charge is 0.444 e. The van der Waals surface area contributed by atoms with Gasteiger partial charge in [0.25, 0.3) is 0 Å². The van der Waals surface area contributed by atoms with Crippen molar-refractivity contribution in [2.45, 2.75) is 104 Å². The molecule has 0 spiro atoms. The lowest BCUT2D eigenvalue weighted by atomic mass is 9.99. The van der Waals surface area contributed by atoms with Gasteiger partial charge in [0, 0.05) is 13.1 Å². The van der Waals surface area contributed by atoms with Crippen LogP contribution >= 0.6 is 0 Å². The van der Waals surface area contributed by atoms with Crippen molar-refractivity contribution in [1.82, 2.24) is 15.5 Å². The fourth-order valence-electron chi connectivity index (χ4n) is 3.92. The Morgan fingerprint density at radius 1 is 1.03 bits per heavy atom. The number of nitrogens with two attached hydrogens (primary N) is 1. The maximum atomic E-state index is 13.9. The number of ether oxygens (including phenoxy) is 1. The first-order valence-electron chi connectivity index (χ1n) is 13.3. The van der Waals surface area contributed by atoms with Crippen molar-refractivity contribution in [3.05, 3.63) is 35.4 Å². The minimum atomic E-state index is -1.27. The average molecular weight is 519 g/mol. The molecule has 2 atom stereocenters. The van der Waals surface area contributed by atoms with E-state index in [1.165, 1.54) is 4.90 Å². The molecule has 0 fully saturated rings. The molecule has 4 amide bonds. The maximum Gasteiger partial charge on any atom is 0.408 e. The van der Waals surface area contributed by atoms with Gasteiger partial charge in [-0.25, -0.2) is 4.79 Å². The van der Waals surface area contributed by atoms with E-state index in [9.17, 15) is 19.2 Å². The second-order valence-corrected chi connectivity index (χ2v) is 10.4. The van der Waals surface area contributed by atoms with Crippen LogP contribution in [0.4, 0.5) is 4.79 Å². The van der Waals surface area contributed by atoms with Gasteiger partial charge in [-0.1, -0.05) is 69.4 Å². The van der Waals surface area contributed by atoms with Crippen LogP contribution in [-0.2, 0) is 19.1 Å². The van der Waals surface area contributed by atoms with Crippen LogP contribution in [-0.4, -0.2) is 53.4 Å². The second-order valence-electron chi connectivity index (χ2n) is 10.4. The number of aryl methyl sites for hydroxylation is 1. The molecular formula is C28H46N4O5. The number of alkyl carbamates (subject to hydrolysis) is 1. The van der Waals surface area contributed by atoms with Crippen molar-refractivity contribution in [2.24, 2.45) is 5.73 Å². The monoisotopic (exact) mass is 518 g/mol. The summed E-state index contributed by atoms with van der Waals surface area (Å²) in [5.74, 6) is -1.61. The number of amides is 4. The molecule has 9 heteroatoms. The van der Waals surface area contributed by atoms with Gasteiger partial charge in [-0.05, 0) is 46.1 Å². The number of benzene rings is 1. The minimum Gasteiger partial charge on any atom is -0.444 e. The molecule has 0 heterocycles. The number of carbonyl (C=O) groups excluding carboxylic acids is 4. The number of nitrogens with one attached hydrogen (secondary N) is 2. The first kappa shape index (κ1) is 31.9. The van der Waals surface area contributed by atoms with E-state index < -0.39 is 42.0 Å². The highest BCUT2D eigenvalue weighted by molar-refractivity contribution is 5.94. The van der Waals surface area contributed by atoms with Gasteiger partial charge in [0.15, 0.2) is 0 Å². The molecule has 208 valence electrons. The molecule has 0 aliphatic carbocycles. The molecule has 0 bridgehead atoms. The third kappa shape index (κ3) is 12.1. The van der Waals surface area contributed by atoms with Gasteiger partial charge in [0.05, 0.1) is 6.42 Å². The first-order valence-corrected chi connectivity index (χ1v) is 13.3. The number of rotatable bonds is 15. The number of primary amides is 1. The Hall–Kier alpha value is -3.10. The lowest BCUT2D eigenvalue weighted by Crippen LogP contribution is -2.54. The standard InChI is InChI=1S/C28H46N4O5/c1-7-9-11-12-17-32(26(35)22(19-23(29)33)31-27(36)37-28(4,5)6)24(25(34)30-16-10-8-2)21-15-13-14-20(3)18-21/h13-15,18,22,24H,7-12,16-17,19H2,1-6H3,(H2,29,33)(H,30,34)(H,31,36). The van der Waals surface area contributed by atoms with Gasteiger partial charge in [-0.3, -0.25) is 14.4 Å². The molecule has 4 N–H and O–H groups in total. The van der Waals surface area contributed by atoms with E-state index in [1.807, 2.05) is 38.1 Å². The molecular weight excluding hydrogens is 472 g/mol. The van der Waals surface area contributed by atoms with Crippen molar-refractivity contribution in [1.29, 1.82) is 0 Å². The summed E-state index contributed by atoms with van der Waals surface area (Å²) in [6, 6.07) is 5.25. The molecule has 1 aromatic rings. The van der Waals surface area contributed by atoms with Crippen LogP contribution in [0.2, 0.25) is 0 Å². The first-order chi connectivity index (χ1) is 17.4. The molecule has 9 nitrogen and oxygen atoms in total. The number of hydrogen-bond donors (Lipinski definition) is 3. The molecule has 0 aliphatic heterocycles. The summed E-state index contributed by atoms with van der Waals surface area (Å²) < 4.78 is 5.31. The summed E-state index contributed by atoms with van der Waals surface area (Å²) in [4.78, 5) is 53.3. The Balaban J connectivity index is 3.44. The van der Waals surface area contributed by atoms with Crippen molar-refractivity contribution < 1.29 is 23.9 Å². The van der Waals surface area contributed by atoms with Gasteiger partial charge in [0.2, 0.25) is 17.7 Å². The van der Waals surface area contributed by atoms with Crippen LogP contribution in [0, 0.1) is 6.92 Å². The quantitative estimate of drug-likeness (QED) is 0.301. The van der Waals surface area contributed by atoms with Gasteiger partial charge in [-0.15, -0.1) is 0 Å². The smallest absolute Gasteiger partial charge is 0.408 e. The molecule has 0 saturated carbocycles. The summed E-state index contributed by atoms with van der Waals surface area (Å²) in [5, 5.41) is 5.46. The molecule has 1 aromatic carbocycles. The van der Waals surface area contributed by atoms with Crippen LogP contribution in [0.5, 0.6) is 0 Å². The molecule has 0 saturated heterocycles. The summed E-state index contributed by atoms with van der Waals surface area (Å²) >= 11 is 0. The van der Waals surface area contributed by atoms with E-state index in [-0.39, 0.29) is 12.5 Å². The van der Waals surface area contributed by atoms with Crippen molar-refractivity contribution in [2.75, 3.05) is 13.1 Å². The van der Waals surface area contributed by atoms with Crippen LogP contribution in [0.1, 0.15) is 96.7 Å². The van der Waals surface area contributed by atoms with Crippen molar-refractivity contribution in [3.8, 4) is 0 Å². The minimum absolute atomic E-state index is 0.282. The molecule has 0 aliphatic rings. The third-order valence-electron chi connectivity index (χ3n) is 5.68. The highest BCUT2D eigenvalue weighted by Gasteiger charge is 2.36. The number of unbranched alkanes of at least 4 members (excludes halogenated alkanes) is 4. The Bertz CT molecular complexity index is 897. The topological polar surface area (TPSA) is 131 Å². The Kier molecular flexibility index (Phi) is 13.7. The van der Waals surface area contributed by atoms with E-state index in [0.717, 1.165) is 37.7 Å². The van der Waals surface area contributed by atoms with E-state index in [4.69, 9.17) is 10.5 Å². The lowest BCUT2D eigenvalue weighted by Gasteiger charge is -2.34. The summed E-state index contributed by atoms with van der Waals surface area (Å²) in [6.45, 7) is 11.9. The van der Waals surface area contributed by atoms with Crippen LogP contribution in [0.15, 0.2) is 24.3 Å². The third-order valence-corrected chi connectivity index (χ3v) is 5.68. The molecule has 2 unspecified atom stereocenters. The summed E-state index contributed by atoms with van der Waals surface area (Å²) in [5.41, 5.74) is 6.25. The van der Waals surface area contributed by atoms with Crippen molar-refractivity contribution >= 4 is 23.8 Å². The van der Waals surface area contributed by atoms with Gasteiger partial charge in [0.1, 0.15) is 17.7 Å². The molecule has 1 rings (SSSR count). The highest BCUT2D eigenvalue weighted by atomic mass is 16.6. The fraction of sp³-hybridized carbons (Fsp3) is 0.643. The Morgan fingerprint density at radius 3 is 2.27 bits per heavy atom. The average Bonchev–Trinajstić information content (AvgIpc) is 2.78. The zero-order valence-electron chi connectivity index (χ0n) is 23.4. The maximum absolute atomic E-state index is 13.9. The predicted octanol–water partition coefficient (Wildman–Crippen LogP) is 4.13. The lowest BCUT2D eigenvalue weighted by molar-refractivity contribution is -0.143. The zero-order chi connectivity index (χ0) is 28.0. The predicted molar refractivity (Wildman–Crippen MR) is 145 cm³/mol. The number of carbonyl (C=O) groups is 4. The summed E-state index contributed by atoms with van der Waals surface area (Å²) in [6.07, 6.45) is 4.01. The Labute approximate surface area is 221 Å². The van der Waals surface area contributed by atoms with Gasteiger partial charge < -0.3 is 26.0 Å². The van der Waals surface area contributed by atoms with E-state index >= 15 is 0 Å². The fourth-order valence-corrected chi connectivity index (χ4v) is 3.92. The van der Waals surface area contributed by atoms with E-state index in [1.54, 1.807) is 20.8 Å². The summed E-state index contributed by atoms with van der Waals surface area (Å²) in [7, 11) is 0. The van der Waals surface area contributed by atoms with Gasteiger partial charge in [-0.2, -0.15) is 0 Å². The Morgan fingerprint density at radius 2 is 1.70 bits per heavy atom. The zero-order valence-corrected chi connectivity index (χ0v) is 23.4. The number of nitrogens with zero attached hydrogens (tertiary/aromatic N) is 1. The number of hydrogen-bond acceptors (Lipinski definition) is 5. The van der Waals surface area contributed by atoms with E-state index in [2.05, 4.69) is 17.6 Å². The molecule has 0 radical (unpaired) electrons. The highest BCUT2D eigenvalue weighted by Crippen LogP contribution is 2.25. The SMILES string of the molecule is CCCCCCN(C(=O)C(CC(N)=O)NC(=O)OC(C)(C)C)C(C(=O)NCCCC)c1cccc(C)c1. The second kappa shape index (κ2) is 15.9. The molecule has 37 heavy (non-hydrogen) atoms. The van der Waals surface area contributed by atoms with Gasteiger partial charge >= 0.3 is 6.09 Å². The van der Waals surface area contributed by atoms with Crippen molar-refractivity contribution in [3.63, 3.8) is 0 Å². The van der Waals surface area contributed by atoms with Crippen LogP contribution in [0.3, 0.4) is 0 Å². The van der Waals surface area contributed by atoms with Crippen LogP contribution < -0.4 is 16.4 Å². The van der Waals surface area contributed by atoms with Crippen LogP contribution in [0.25, 0.3) is 0 Å². The van der Waals surface area contributed by atoms with E-state index in [0.29, 0.717) is 18.5 Å². The molecule has 0 aromatic heterocycles. The normalized spacial score (nSPS) is 12.8.